The fraction of sp³-hybridized carbons (Fsp3) is 0.316. The number of amides is 1. The molecule has 0 aliphatic heterocycles. The van der Waals surface area contributed by atoms with Crippen molar-refractivity contribution in [1.82, 2.24) is 5.32 Å². The Labute approximate surface area is 183 Å². The summed E-state index contributed by atoms with van der Waals surface area (Å²) in [5.74, 6) is 0.0919. The molecule has 0 radical (unpaired) electrons. The maximum Gasteiger partial charge on any atom is 0.271 e. The van der Waals surface area contributed by atoms with Gasteiger partial charge in [0.05, 0.1) is 27.3 Å². The summed E-state index contributed by atoms with van der Waals surface area (Å²) in [6.45, 7) is 3.57. The summed E-state index contributed by atoms with van der Waals surface area (Å²) in [6.07, 6.45) is 0. The summed E-state index contributed by atoms with van der Waals surface area (Å²) < 4.78 is 10.9. The first-order valence-electron chi connectivity index (χ1n) is 9.06. The third-order valence-corrected chi connectivity index (χ3v) is 4.43. The van der Waals surface area contributed by atoms with E-state index in [1.54, 1.807) is 18.2 Å². The number of carbonyl (C=O) groups excluding carboxylic acids is 1. The lowest BCUT2D eigenvalue weighted by Crippen LogP contribution is -2.22. The van der Waals surface area contributed by atoms with E-state index >= 15 is 0 Å². The van der Waals surface area contributed by atoms with Gasteiger partial charge in [-0.1, -0.05) is 23.2 Å². The van der Waals surface area contributed by atoms with Gasteiger partial charge in [0.15, 0.2) is 18.1 Å². The largest absolute Gasteiger partial charge is 0.490 e. The SMILES string of the molecule is CCOc1cc(CNCCNc2ccc([N+](=O)[O-])cc2Cl)cc(Cl)c1OCC(N)=O. The lowest BCUT2D eigenvalue weighted by atomic mass is 10.2. The van der Waals surface area contributed by atoms with Gasteiger partial charge in [-0.15, -0.1) is 0 Å². The van der Waals surface area contributed by atoms with E-state index in [4.69, 9.17) is 38.4 Å². The molecule has 2 rings (SSSR count). The first-order valence-corrected chi connectivity index (χ1v) is 9.82. The highest BCUT2D eigenvalue weighted by molar-refractivity contribution is 6.33. The average molecular weight is 457 g/mol. The normalized spacial score (nSPS) is 10.5. The Balaban J connectivity index is 1.90. The van der Waals surface area contributed by atoms with E-state index in [2.05, 4.69) is 10.6 Å². The van der Waals surface area contributed by atoms with Crippen LogP contribution in [0.3, 0.4) is 0 Å². The molecule has 2 aromatic carbocycles. The second-order valence-electron chi connectivity index (χ2n) is 6.12. The monoisotopic (exact) mass is 456 g/mol. The van der Waals surface area contributed by atoms with Gasteiger partial charge in [-0.25, -0.2) is 0 Å². The second-order valence-corrected chi connectivity index (χ2v) is 6.93. The quantitative estimate of drug-likeness (QED) is 0.253. The number of anilines is 1. The van der Waals surface area contributed by atoms with Crippen LogP contribution in [0, 0.1) is 10.1 Å². The van der Waals surface area contributed by atoms with E-state index in [0.717, 1.165) is 5.56 Å². The van der Waals surface area contributed by atoms with Gasteiger partial charge in [0, 0.05) is 31.8 Å². The molecule has 0 saturated carbocycles. The highest BCUT2D eigenvalue weighted by atomic mass is 35.5. The van der Waals surface area contributed by atoms with Crippen molar-refractivity contribution in [2.24, 2.45) is 5.73 Å². The number of benzene rings is 2. The lowest BCUT2D eigenvalue weighted by molar-refractivity contribution is -0.384. The molecular formula is C19H22Cl2N4O5. The number of rotatable bonds is 12. The van der Waals surface area contributed by atoms with Crippen LogP contribution >= 0.6 is 23.2 Å². The van der Waals surface area contributed by atoms with Gasteiger partial charge in [0.1, 0.15) is 0 Å². The molecule has 0 unspecified atom stereocenters. The summed E-state index contributed by atoms with van der Waals surface area (Å²) in [6, 6.07) is 7.75. The maximum absolute atomic E-state index is 11.0. The van der Waals surface area contributed by atoms with Crippen molar-refractivity contribution in [3.8, 4) is 11.5 Å². The highest BCUT2D eigenvalue weighted by Crippen LogP contribution is 2.36. The fourth-order valence-corrected chi connectivity index (χ4v) is 3.08. The summed E-state index contributed by atoms with van der Waals surface area (Å²) in [5, 5.41) is 17.7. The van der Waals surface area contributed by atoms with E-state index in [1.807, 2.05) is 6.92 Å². The molecule has 0 saturated heterocycles. The third-order valence-electron chi connectivity index (χ3n) is 3.84. The molecule has 0 fully saturated rings. The maximum atomic E-state index is 11.0. The fourth-order valence-electron chi connectivity index (χ4n) is 2.55. The van der Waals surface area contributed by atoms with Crippen LogP contribution < -0.4 is 25.8 Å². The number of nitro groups is 1. The van der Waals surface area contributed by atoms with E-state index in [-0.39, 0.29) is 23.1 Å². The molecule has 4 N–H and O–H groups in total. The Hall–Kier alpha value is -2.75. The van der Waals surface area contributed by atoms with Gasteiger partial charge < -0.3 is 25.8 Å². The number of halogens is 2. The van der Waals surface area contributed by atoms with Crippen LogP contribution in [0.15, 0.2) is 30.3 Å². The van der Waals surface area contributed by atoms with Crippen molar-refractivity contribution < 1.29 is 19.2 Å². The standard InChI is InChI=1S/C19H22Cl2N4O5/c1-2-29-17-8-12(7-15(21)19(17)30-11-18(22)26)10-23-5-6-24-16-4-3-13(25(27)28)9-14(16)20/h3-4,7-9,23-24H,2,5-6,10-11H2,1H3,(H2,22,26). The molecule has 0 bridgehead atoms. The second kappa shape index (κ2) is 11.4. The molecule has 0 heterocycles. The van der Waals surface area contributed by atoms with Crippen LogP contribution in [0.25, 0.3) is 0 Å². The summed E-state index contributed by atoms with van der Waals surface area (Å²) in [7, 11) is 0. The molecule has 30 heavy (non-hydrogen) atoms. The number of non-ortho nitro benzene ring substituents is 1. The molecule has 162 valence electrons. The number of hydrogen-bond donors (Lipinski definition) is 3. The molecule has 1 amide bonds. The van der Waals surface area contributed by atoms with E-state index in [1.165, 1.54) is 12.1 Å². The van der Waals surface area contributed by atoms with Crippen LogP contribution in [0.4, 0.5) is 11.4 Å². The average Bonchev–Trinajstić information content (AvgIpc) is 2.68. The van der Waals surface area contributed by atoms with E-state index < -0.39 is 10.8 Å². The van der Waals surface area contributed by atoms with Gasteiger partial charge in [-0.2, -0.15) is 0 Å². The van der Waals surface area contributed by atoms with Crippen molar-refractivity contribution in [3.05, 3.63) is 56.1 Å². The van der Waals surface area contributed by atoms with Crippen LogP contribution in [0.2, 0.25) is 10.0 Å². The Morgan fingerprint density at radius 2 is 1.93 bits per heavy atom. The molecule has 11 heteroatoms. The van der Waals surface area contributed by atoms with E-state index in [9.17, 15) is 14.9 Å². The zero-order valence-corrected chi connectivity index (χ0v) is 17.8. The molecule has 0 aliphatic rings. The minimum Gasteiger partial charge on any atom is -0.490 e. The highest BCUT2D eigenvalue weighted by Gasteiger charge is 2.14. The van der Waals surface area contributed by atoms with Crippen molar-refractivity contribution in [2.45, 2.75) is 13.5 Å². The van der Waals surface area contributed by atoms with Gasteiger partial charge in [0.25, 0.3) is 11.6 Å². The summed E-state index contributed by atoms with van der Waals surface area (Å²) in [5.41, 5.74) is 6.52. The van der Waals surface area contributed by atoms with Crippen molar-refractivity contribution in [2.75, 3.05) is 31.6 Å². The van der Waals surface area contributed by atoms with Crippen molar-refractivity contribution in [3.63, 3.8) is 0 Å². The smallest absolute Gasteiger partial charge is 0.271 e. The molecular weight excluding hydrogens is 435 g/mol. The van der Waals surface area contributed by atoms with Gasteiger partial charge >= 0.3 is 0 Å². The first kappa shape index (κ1) is 23.5. The minimum absolute atomic E-state index is 0.0612. The summed E-state index contributed by atoms with van der Waals surface area (Å²) >= 11 is 12.3. The predicted octanol–water partition coefficient (Wildman–Crippen LogP) is 3.37. The number of carbonyl (C=O) groups is 1. The number of primary amides is 1. The third kappa shape index (κ3) is 6.94. The van der Waals surface area contributed by atoms with Crippen LogP contribution in [-0.2, 0) is 11.3 Å². The zero-order valence-electron chi connectivity index (χ0n) is 16.2. The topological polar surface area (TPSA) is 129 Å². The molecule has 9 nitrogen and oxygen atoms in total. The molecule has 0 aliphatic carbocycles. The molecule has 2 aromatic rings. The first-order chi connectivity index (χ1) is 14.3. The van der Waals surface area contributed by atoms with Gasteiger partial charge in [-0.3, -0.25) is 14.9 Å². The Bertz CT molecular complexity index is 911. The number of nitrogens with zero attached hydrogens (tertiary/aromatic N) is 1. The van der Waals surface area contributed by atoms with Crippen LogP contribution in [-0.4, -0.2) is 37.1 Å². The van der Waals surface area contributed by atoms with Gasteiger partial charge in [-0.05, 0) is 30.7 Å². The van der Waals surface area contributed by atoms with Crippen LogP contribution in [0.1, 0.15) is 12.5 Å². The number of nitrogens with two attached hydrogens (primary N) is 1. The van der Waals surface area contributed by atoms with E-state index in [0.29, 0.717) is 42.7 Å². The number of nitrogens with one attached hydrogen (secondary N) is 2. The Morgan fingerprint density at radius 1 is 1.17 bits per heavy atom. The number of nitro benzene ring substituents is 1. The molecule has 0 aromatic heterocycles. The minimum atomic E-state index is -0.611. The zero-order chi connectivity index (χ0) is 22.1. The van der Waals surface area contributed by atoms with Crippen molar-refractivity contribution in [1.29, 1.82) is 0 Å². The number of ether oxygens (including phenoxy) is 2. The predicted molar refractivity (Wildman–Crippen MR) is 116 cm³/mol. The van der Waals surface area contributed by atoms with Crippen LogP contribution in [0.5, 0.6) is 11.5 Å². The summed E-state index contributed by atoms with van der Waals surface area (Å²) in [4.78, 5) is 21.2. The van der Waals surface area contributed by atoms with Gasteiger partial charge in [0.2, 0.25) is 0 Å². The molecule has 0 atom stereocenters. The molecule has 0 spiro atoms. The number of hydrogen-bond acceptors (Lipinski definition) is 7. The Kier molecular flexibility index (Phi) is 8.97. The van der Waals surface area contributed by atoms with Crippen molar-refractivity contribution >= 4 is 40.5 Å². The Morgan fingerprint density at radius 3 is 2.57 bits per heavy atom. The lowest BCUT2D eigenvalue weighted by Gasteiger charge is -2.15.